The van der Waals surface area contributed by atoms with Gasteiger partial charge in [-0.15, -0.1) is 17.9 Å². The fourth-order valence-corrected chi connectivity index (χ4v) is 3.14. The first-order chi connectivity index (χ1) is 10.8. The molecule has 0 atom stereocenters. The van der Waals surface area contributed by atoms with Crippen molar-refractivity contribution < 1.29 is 4.39 Å². The minimum Gasteiger partial charge on any atom is -0.313 e. The van der Waals surface area contributed by atoms with E-state index in [1.165, 1.54) is 17.4 Å². The molecule has 0 fully saturated rings. The van der Waals surface area contributed by atoms with Gasteiger partial charge >= 0.3 is 0 Å². The highest BCUT2D eigenvalue weighted by molar-refractivity contribution is 7.07. The van der Waals surface area contributed by atoms with E-state index in [4.69, 9.17) is 0 Å². The van der Waals surface area contributed by atoms with E-state index in [9.17, 15) is 4.39 Å². The lowest BCUT2D eigenvalue weighted by atomic mass is 10.2. The quantitative estimate of drug-likeness (QED) is 0.617. The number of rotatable bonds is 4. The van der Waals surface area contributed by atoms with Gasteiger partial charge in [0, 0.05) is 11.9 Å². The van der Waals surface area contributed by atoms with Crippen LogP contribution in [0.25, 0.3) is 11.3 Å². The Labute approximate surface area is 132 Å². The van der Waals surface area contributed by atoms with Gasteiger partial charge in [-0.05, 0) is 17.7 Å². The van der Waals surface area contributed by atoms with Crippen molar-refractivity contribution in [2.24, 2.45) is 4.99 Å². The molecule has 110 valence electrons. The Morgan fingerprint density at radius 2 is 1.82 bits per heavy atom. The summed E-state index contributed by atoms with van der Waals surface area (Å²) in [6, 6.07) is 16.6. The summed E-state index contributed by atoms with van der Waals surface area (Å²) in [5, 5.41) is 2.04. The summed E-state index contributed by atoms with van der Waals surface area (Å²) < 4.78 is 15.8. The first kappa shape index (κ1) is 14.5. The van der Waals surface area contributed by atoms with Crippen molar-refractivity contribution in [1.29, 1.82) is 0 Å². The summed E-state index contributed by atoms with van der Waals surface area (Å²) in [6.45, 7) is 4.43. The van der Waals surface area contributed by atoms with Crippen LogP contribution in [0.1, 0.15) is 0 Å². The maximum atomic E-state index is 13.8. The van der Waals surface area contributed by atoms with Crippen molar-refractivity contribution in [2.75, 3.05) is 0 Å². The van der Waals surface area contributed by atoms with Crippen LogP contribution in [-0.4, -0.2) is 4.57 Å². The molecule has 0 aliphatic heterocycles. The first-order valence-electron chi connectivity index (χ1n) is 6.93. The molecular weight excluding hydrogens is 295 g/mol. The number of para-hydroxylation sites is 1. The monoisotopic (exact) mass is 310 g/mol. The highest BCUT2D eigenvalue weighted by Gasteiger charge is 2.07. The first-order valence-corrected chi connectivity index (χ1v) is 7.81. The Morgan fingerprint density at radius 3 is 2.55 bits per heavy atom. The molecule has 1 aromatic heterocycles. The number of benzene rings is 2. The van der Waals surface area contributed by atoms with Crippen LogP contribution in [-0.2, 0) is 6.54 Å². The van der Waals surface area contributed by atoms with E-state index >= 15 is 0 Å². The smallest absolute Gasteiger partial charge is 0.190 e. The topological polar surface area (TPSA) is 17.3 Å². The van der Waals surface area contributed by atoms with Crippen molar-refractivity contribution >= 4 is 17.0 Å². The lowest BCUT2D eigenvalue weighted by molar-refractivity contribution is 0.628. The molecule has 4 heteroatoms. The summed E-state index contributed by atoms with van der Waals surface area (Å²) in [5.41, 5.74) is 2.51. The molecule has 0 amide bonds. The van der Waals surface area contributed by atoms with Crippen LogP contribution in [0, 0.1) is 5.82 Å². The summed E-state index contributed by atoms with van der Waals surface area (Å²) in [5.74, 6) is -0.317. The van der Waals surface area contributed by atoms with Gasteiger partial charge < -0.3 is 4.57 Å². The molecule has 22 heavy (non-hydrogen) atoms. The summed E-state index contributed by atoms with van der Waals surface area (Å²) >= 11 is 1.50. The van der Waals surface area contributed by atoms with Crippen molar-refractivity contribution in [3.63, 3.8) is 0 Å². The SMILES string of the molecule is C=CCn1c(-c2ccccc2)csc1=Nc1ccccc1F. The van der Waals surface area contributed by atoms with E-state index in [0.29, 0.717) is 12.2 Å². The van der Waals surface area contributed by atoms with Crippen LogP contribution in [0.15, 0.2) is 77.6 Å². The second-order valence-electron chi connectivity index (χ2n) is 4.73. The maximum absolute atomic E-state index is 13.8. The molecule has 0 saturated carbocycles. The molecular formula is C18H15FN2S. The Kier molecular flexibility index (Phi) is 4.30. The van der Waals surface area contributed by atoms with Crippen molar-refractivity contribution in [2.45, 2.75) is 6.54 Å². The number of thiazole rings is 1. The minimum atomic E-state index is -0.317. The van der Waals surface area contributed by atoms with Gasteiger partial charge in [0.15, 0.2) is 4.80 Å². The molecule has 0 spiro atoms. The normalized spacial score (nSPS) is 11.6. The van der Waals surface area contributed by atoms with E-state index in [-0.39, 0.29) is 5.82 Å². The third-order valence-electron chi connectivity index (χ3n) is 3.25. The van der Waals surface area contributed by atoms with E-state index < -0.39 is 0 Å². The van der Waals surface area contributed by atoms with E-state index in [1.807, 2.05) is 34.2 Å². The molecule has 0 unspecified atom stereocenters. The van der Waals surface area contributed by atoms with Crippen molar-refractivity contribution in [3.8, 4) is 11.3 Å². The third-order valence-corrected chi connectivity index (χ3v) is 4.11. The molecule has 3 rings (SSSR count). The van der Waals surface area contributed by atoms with Crippen LogP contribution in [0.3, 0.4) is 0 Å². The largest absolute Gasteiger partial charge is 0.313 e. The van der Waals surface area contributed by atoms with Crippen LogP contribution >= 0.6 is 11.3 Å². The van der Waals surface area contributed by atoms with Crippen molar-refractivity contribution in [3.05, 3.63) is 83.3 Å². The zero-order valence-electron chi connectivity index (χ0n) is 11.9. The van der Waals surface area contributed by atoms with Crippen molar-refractivity contribution in [1.82, 2.24) is 4.57 Å². The zero-order valence-corrected chi connectivity index (χ0v) is 12.8. The van der Waals surface area contributed by atoms with Crippen LogP contribution < -0.4 is 4.80 Å². The average molecular weight is 310 g/mol. The van der Waals surface area contributed by atoms with Gasteiger partial charge in [-0.3, -0.25) is 0 Å². The molecule has 1 heterocycles. The molecule has 2 aromatic carbocycles. The number of hydrogen-bond donors (Lipinski definition) is 0. The second kappa shape index (κ2) is 6.54. The van der Waals surface area contributed by atoms with Gasteiger partial charge in [-0.2, -0.15) is 0 Å². The van der Waals surface area contributed by atoms with Gasteiger partial charge in [0.05, 0.1) is 5.69 Å². The number of halogens is 1. The van der Waals surface area contributed by atoms with Crippen LogP contribution in [0.5, 0.6) is 0 Å². The fraction of sp³-hybridized carbons (Fsp3) is 0.0556. The molecule has 0 N–H and O–H groups in total. The van der Waals surface area contributed by atoms with E-state index in [2.05, 4.69) is 23.7 Å². The lowest BCUT2D eigenvalue weighted by Crippen LogP contribution is -2.14. The number of aromatic nitrogens is 1. The summed E-state index contributed by atoms with van der Waals surface area (Å²) in [4.78, 5) is 5.22. The van der Waals surface area contributed by atoms with Gasteiger partial charge in [-0.1, -0.05) is 48.5 Å². The Balaban J connectivity index is 2.16. The Morgan fingerprint density at radius 1 is 1.09 bits per heavy atom. The molecule has 2 nitrogen and oxygen atoms in total. The minimum absolute atomic E-state index is 0.317. The van der Waals surface area contributed by atoms with Gasteiger partial charge in [0.25, 0.3) is 0 Å². The van der Waals surface area contributed by atoms with Gasteiger partial charge in [0.1, 0.15) is 11.5 Å². The standard InChI is InChI=1S/C18H15FN2S/c1-2-12-21-17(14-8-4-3-5-9-14)13-22-18(21)20-16-11-7-6-10-15(16)19/h2-11,13H,1,12H2. The second-order valence-corrected chi connectivity index (χ2v) is 5.57. The molecule has 3 aromatic rings. The predicted molar refractivity (Wildman–Crippen MR) is 89.6 cm³/mol. The number of hydrogen-bond acceptors (Lipinski definition) is 2. The lowest BCUT2D eigenvalue weighted by Gasteiger charge is -2.06. The summed E-state index contributed by atoms with van der Waals surface area (Å²) in [7, 11) is 0. The number of nitrogens with zero attached hydrogens (tertiary/aromatic N) is 2. The predicted octanol–water partition coefficient (Wildman–Crippen LogP) is 4.77. The average Bonchev–Trinajstić information content (AvgIpc) is 2.94. The van der Waals surface area contributed by atoms with E-state index in [0.717, 1.165) is 16.1 Å². The van der Waals surface area contributed by atoms with Crippen LogP contribution in [0.4, 0.5) is 10.1 Å². The molecule has 0 aliphatic carbocycles. The summed E-state index contributed by atoms with van der Waals surface area (Å²) in [6.07, 6.45) is 1.82. The van der Waals surface area contributed by atoms with Gasteiger partial charge in [-0.25, -0.2) is 9.38 Å². The maximum Gasteiger partial charge on any atom is 0.190 e. The zero-order chi connectivity index (χ0) is 15.4. The van der Waals surface area contributed by atoms with E-state index in [1.54, 1.807) is 18.2 Å². The van der Waals surface area contributed by atoms with Crippen LogP contribution in [0.2, 0.25) is 0 Å². The molecule has 0 saturated heterocycles. The van der Waals surface area contributed by atoms with Gasteiger partial charge in [0.2, 0.25) is 0 Å². The highest BCUT2D eigenvalue weighted by Crippen LogP contribution is 2.21. The Bertz CT molecular complexity index is 847. The molecule has 0 bridgehead atoms. The molecule has 0 aliphatic rings. The Hall–Kier alpha value is -2.46. The number of allylic oxidation sites excluding steroid dienone is 1. The third kappa shape index (κ3) is 2.92. The highest BCUT2D eigenvalue weighted by atomic mass is 32.1. The fourth-order valence-electron chi connectivity index (χ4n) is 2.21. The molecule has 0 radical (unpaired) electrons.